The lowest BCUT2D eigenvalue weighted by molar-refractivity contribution is 0.146. The summed E-state index contributed by atoms with van der Waals surface area (Å²) in [7, 11) is 0. The molecular weight excluding hydrogens is 210 g/mol. The van der Waals surface area contributed by atoms with Gasteiger partial charge in [-0.3, -0.25) is 4.90 Å². The molecule has 0 bridgehead atoms. The van der Waals surface area contributed by atoms with Gasteiger partial charge in [0.15, 0.2) is 0 Å². The van der Waals surface area contributed by atoms with Gasteiger partial charge in [0.25, 0.3) is 0 Å². The summed E-state index contributed by atoms with van der Waals surface area (Å²) in [4.78, 5) is 2.55. The molecule has 1 atom stereocenters. The molecular formula is C14H23N3. The zero-order valence-electron chi connectivity index (χ0n) is 10.7. The van der Waals surface area contributed by atoms with Crippen molar-refractivity contribution in [3.8, 4) is 0 Å². The predicted octanol–water partition coefficient (Wildman–Crippen LogP) is 1.07. The molecule has 94 valence electrons. The Hall–Kier alpha value is -0.900. The number of hydrogen-bond acceptors (Lipinski definition) is 3. The van der Waals surface area contributed by atoms with Gasteiger partial charge in [-0.15, -0.1) is 0 Å². The van der Waals surface area contributed by atoms with Gasteiger partial charge >= 0.3 is 0 Å². The van der Waals surface area contributed by atoms with Crippen molar-refractivity contribution >= 4 is 0 Å². The van der Waals surface area contributed by atoms with Crippen LogP contribution in [0.3, 0.4) is 0 Å². The fraction of sp³-hybridized carbons (Fsp3) is 0.571. The monoisotopic (exact) mass is 233 g/mol. The smallest absolute Gasteiger partial charge is 0.0639 e. The molecule has 1 aromatic rings. The molecule has 1 aliphatic rings. The fourth-order valence-corrected chi connectivity index (χ4v) is 2.40. The SMILES string of the molecule is CCNC(Cc1ccccc1)N1CCNCC1. The van der Waals surface area contributed by atoms with Crippen LogP contribution in [0.4, 0.5) is 0 Å². The molecule has 0 amide bonds. The van der Waals surface area contributed by atoms with Crippen molar-refractivity contribution in [3.63, 3.8) is 0 Å². The van der Waals surface area contributed by atoms with Gasteiger partial charge in [0.2, 0.25) is 0 Å². The van der Waals surface area contributed by atoms with E-state index in [2.05, 4.69) is 52.8 Å². The summed E-state index contributed by atoms with van der Waals surface area (Å²) in [6.45, 7) is 7.71. The molecule has 3 heteroatoms. The van der Waals surface area contributed by atoms with E-state index in [-0.39, 0.29) is 0 Å². The van der Waals surface area contributed by atoms with E-state index in [0.29, 0.717) is 6.17 Å². The Bertz CT molecular complexity index is 307. The van der Waals surface area contributed by atoms with Gasteiger partial charge in [0.05, 0.1) is 6.17 Å². The first kappa shape index (κ1) is 12.6. The standard InChI is InChI=1S/C14H23N3/c1-2-16-14(17-10-8-15-9-11-17)12-13-6-4-3-5-7-13/h3-7,14-16H,2,8-12H2,1H3. The Morgan fingerprint density at radius 2 is 1.94 bits per heavy atom. The number of piperazine rings is 1. The molecule has 0 spiro atoms. The summed E-state index contributed by atoms with van der Waals surface area (Å²) in [5.74, 6) is 0. The molecule has 0 radical (unpaired) electrons. The molecule has 1 fully saturated rings. The summed E-state index contributed by atoms with van der Waals surface area (Å²) in [6.07, 6.45) is 1.57. The number of benzene rings is 1. The van der Waals surface area contributed by atoms with Gasteiger partial charge in [-0.05, 0) is 12.1 Å². The van der Waals surface area contributed by atoms with Gasteiger partial charge in [-0.1, -0.05) is 37.3 Å². The average molecular weight is 233 g/mol. The maximum atomic E-state index is 3.60. The third-order valence-corrected chi connectivity index (χ3v) is 3.30. The van der Waals surface area contributed by atoms with Crippen molar-refractivity contribution in [2.24, 2.45) is 0 Å². The highest BCUT2D eigenvalue weighted by atomic mass is 15.3. The minimum atomic E-state index is 0.476. The minimum absolute atomic E-state index is 0.476. The molecule has 0 aromatic heterocycles. The quantitative estimate of drug-likeness (QED) is 0.796. The Morgan fingerprint density at radius 3 is 2.59 bits per heavy atom. The van der Waals surface area contributed by atoms with E-state index >= 15 is 0 Å². The summed E-state index contributed by atoms with van der Waals surface area (Å²) in [6, 6.07) is 10.8. The number of hydrogen-bond donors (Lipinski definition) is 2. The molecule has 3 nitrogen and oxygen atoms in total. The summed E-state index contributed by atoms with van der Waals surface area (Å²) in [5, 5.41) is 7.01. The summed E-state index contributed by atoms with van der Waals surface area (Å²) >= 11 is 0. The Labute approximate surface area is 104 Å². The molecule has 1 saturated heterocycles. The maximum Gasteiger partial charge on any atom is 0.0639 e. The fourth-order valence-electron chi connectivity index (χ4n) is 2.40. The first-order chi connectivity index (χ1) is 8.40. The number of nitrogens with one attached hydrogen (secondary N) is 2. The Morgan fingerprint density at radius 1 is 1.24 bits per heavy atom. The van der Waals surface area contributed by atoms with Crippen LogP contribution in [0.1, 0.15) is 12.5 Å². The lowest BCUT2D eigenvalue weighted by Gasteiger charge is -2.35. The normalized spacial score (nSPS) is 19.1. The molecule has 2 rings (SSSR count). The second-order valence-corrected chi connectivity index (χ2v) is 4.55. The Balaban J connectivity index is 1.96. The van der Waals surface area contributed by atoms with Crippen LogP contribution in [0.5, 0.6) is 0 Å². The van der Waals surface area contributed by atoms with Gasteiger partial charge in [-0.2, -0.15) is 0 Å². The molecule has 2 N–H and O–H groups in total. The molecule has 1 heterocycles. The second-order valence-electron chi connectivity index (χ2n) is 4.55. The topological polar surface area (TPSA) is 27.3 Å². The van der Waals surface area contributed by atoms with Crippen LogP contribution in [0.15, 0.2) is 30.3 Å². The third kappa shape index (κ3) is 3.80. The molecule has 17 heavy (non-hydrogen) atoms. The largest absolute Gasteiger partial charge is 0.314 e. The average Bonchev–Trinajstić information content (AvgIpc) is 2.40. The van der Waals surface area contributed by atoms with Crippen LogP contribution in [0, 0.1) is 0 Å². The highest BCUT2D eigenvalue weighted by Crippen LogP contribution is 2.08. The molecule has 1 aromatic carbocycles. The van der Waals surface area contributed by atoms with Crippen LogP contribution in [0.25, 0.3) is 0 Å². The van der Waals surface area contributed by atoms with Crippen LogP contribution in [-0.4, -0.2) is 43.8 Å². The van der Waals surface area contributed by atoms with Gasteiger partial charge in [0, 0.05) is 32.6 Å². The first-order valence-electron chi connectivity index (χ1n) is 6.62. The van der Waals surface area contributed by atoms with Crippen molar-refractivity contribution in [2.75, 3.05) is 32.7 Å². The molecule has 1 aliphatic heterocycles. The lowest BCUT2D eigenvalue weighted by atomic mass is 10.1. The molecule has 1 unspecified atom stereocenters. The number of rotatable bonds is 5. The van der Waals surface area contributed by atoms with Crippen molar-refractivity contribution in [1.29, 1.82) is 0 Å². The van der Waals surface area contributed by atoms with Crippen molar-refractivity contribution in [3.05, 3.63) is 35.9 Å². The van der Waals surface area contributed by atoms with E-state index < -0.39 is 0 Å². The van der Waals surface area contributed by atoms with Gasteiger partial charge < -0.3 is 10.6 Å². The third-order valence-electron chi connectivity index (χ3n) is 3.30. The maximum absolute atomic E-state index is 3.60. The number of nitrogens with zero attached hydrogens (tertiary/aromatic N) is 1. The van der Waals surface area contributed by atoms with Crippen molar-refractivity contribution in [2.45, 2.75) is 19.5 Å². The van der Waals surface area contributed by atoms with Crippen LogP contribution >= 0.6 is 0 Å². The van der Waals surface area contributed by atoms with E-state index in [9.17, 15) is 0 Å². The van der Waals surface area contributed by atoms with E-state index in [1.807, 2.05) is 0 Å². The molecule has 0 saturated carbocycles. The van der Waals surface area contributed by atoms with Crippen molar-refractivity contribution in [1.82, 2.24) is 15.5 Å². The first-order valence-corrected chi connectivity index (χ1v) is 6.62. The Kier molecular flexibility index (Phi) is 4.98. The summed E-state index contributed by atoms with van der Waals surface area (Å²) < 4.78 is 0. The zero-order valence-corrected chi connectivity index (χ0v) is 10.7. The van der Waals surface area contributed by atoms with Crippen molar-refractivity contribution < 1.29 is 0 Å². The highest BCUT2D eigenvalue weighted by molar-refractivity contribution is 5.15. The minimum Gasteiger partial charge on any atom is -0.314 e. The second kappa shape index (κ2) is 6.74. The zero-order chi connectivity index (χ0) is 11.9. The lowest BCUT2D eigenvalue weighted by Crippen LogP contribution is -2.54. The van der Waals surface area contributed by atoms with Crippen LogP contribution in [-0.2, 0) is 6.42 Å². The van der Waals surface area contributed by atoms with Crippen LogP contribution in [0.2, 0.25) is 0 Å². The predicted molar refractivity (Wildman–Crippen MR) is 72.1 cm³/mol. The van der Waals surface area contributed by atoms with E-state index in [1.165, 1.54) is 5.56 Å². The van der Waals surface area contributed by atoms with E-state index in [1.54, 1.807) is 0 Å². The van der Waals surface area contributed by atoms with Gasteiger partial charge in [-0.25, -0.2) is 0 Å². The van der Waals surface area contributed by atoms with E-state index in [0.717, 1.165) is 39.1 Å². The molecule has 0 aliphatic carbocycles. The van der Waals surface area contributed by atoms with E-state index in [4.69, 9.17) is 0 Å². The number of likely N-dealkylation sites (N-methyl/N-ethyl adjacent to an activating group) is 1. The van der Waals surface area contributed by atoms with Gasteiger partial charge in [0.1, 0.15) is 0 Å². The van der Waals surface area contributed by atoms with Crippen LogP contribution < -0.4 is 10.6 Å². The highest BCUT2D eigenvalue weighted by Gasteiger charge is 2.19. The summed E-state index contributed by atoms with van der Waals surface area (Å²) in [5.41, 5.74) is 1.41.